The number of rotatable bonds is 6. The number of nitrogens with zero attached hydrogens (tertiary/aromatic N) is 3. The predicted octanol–water partition coefficient (Wildman–Crippen LogP) is 1.35. The number of aromatic nitrogens is 2. The first-order chi connectivity index (χ1) is 9.20. The monoisotopic (exact) mass is 281 g/mol. The van der Waals surface area contributed by atoms with Gasteiger partial charge in [-0.2, -0.15) is 4.98 Å². The van der Waals surface area contributed by atoms with Gasteiger partial charge in [-0.15, -0.1) is 11.3 Å². The van der Waals surface area contributed by atoms with Crippen LogP contribution in [0.15, 0.2) is 23.7 Å². The summed E-state index contributed by atoms with van der Waals surface area (Å²) in [5.74, 6) is 5.13. The summed E-state index contributed by atoms with van der Waals surface area (Å²) in [6, 6.07) is 3.90. The van der Waals surface area contributed by atoms with Gasteiger partial charge in [-0.25, -0.2) is 10.8 Å². The van der Waals surface area contributed by atoms with E-state index in [-0.39, 0.29) is 17.5 Å². The third kappa shape index (κ3) is 3.36. The Kier molecular flexibility index (Phi) is 4.21. The maximum atomic E-state index is 10.8. The van der Waals surface area contributed by atoms with Gasteiger partial charge >= 0.3 is 5.69 Å². The fraction of sp³-hybridized carbons (Fsp3) is 0.200. The zero-order valence-corrected chi connectivity index (χ0v) is 10.6. The van der Waals surface area contributed by atoms with Gasteiger partial charge in [0.15, 0.2) is 0 Å². The number of hydrazine groups is 1. The first-order valence-electron chi connectivity index (χ1n) is 5.34. The lowest BCUT2D eigenvalue weighted by Crippen LogP contribution is -2.12. The van der Waals surface area contributed by atoms with Crippen molar-refractivity contribution in [2.24, 2.45) is 5.84 Å². The lowest BCUT2D eigenvalue weighted by molar-refractivity contribution is -0.386. The van der Waals surface area contributed by atoms with Crippen LogP contribution in [0, 0.1) is 10.1 Å². The summed E-state index contributed by atoms with van der Waals surface area (Å²) in [5.41, 5.74) is 1.93. The molecular formula is C10H11N5O3S. The second-order valence-electron chi connectivity index (χ2n) is 3.46. The Balaban J connectivity index is 2.06. The highest BCUT2D eigenvalue weighted by Crippen LogP contribution is 2.24. The third-order valence-corrected chi connectivity index (χ3v) is 3.16. The molecule has 0 saturated heterocycles. The highest BCUT2D eigenvalue weighted by Gasteiger charge is 2.18. The number of hydrogen-bond acceptors (Lipinski definition) is 8. The molecule has 100 valence electrons. The van der Waals surface area contributed by atoms with Crippen LogP contribution in [0.25, 0.3) is 0 Å². The Bertz CT molecular complexity index is 560. The van der Waals surface area contributed by atoms with Crippen molar-refractivity contribution >= 4 is 23.0 Å². The normalized spacial score (nSPS) is 10.2. The van der Waals surface area contributed by atoms with Gasteiger partial charge in [0, 0.05) is 11.3 Å². The number of nitrogen functional groups attached to an aromatic ring is 1. The van der Waals surface area contributed by atoms with Crippen LogP contribution < -0.4 is 16.0 Å². The largest absolute Gasteiger partial charge is 0.472 e. The molecule has 2 aromatic heterocycles. The minimum absolute atomic E-state index is 0.0664. The molecule has 0 radical (unpaired) electrons. The molecule has 0 atom stereocenters. The fourth-order valence-corrected chi connectivity index (χ4v) is 2.05. The predicted molar refractivity (Wildman–Crippen MR) is 70.0 cm³/mol. The SMILES string of the molecule is NNc1ncc([N+](=O)[O-])c(OCCc2cccs2)n1. The zero-order chi connectivity index (χ0) is 13.7. The molecule has 9 heteroatoms. The molecule has 0 aliphatic carbocycles. The van der Waals surface area contributed by atoms with E-state index in [4.69, 9.17) is 10.6 Å². The number of thiophene rings is 1. The van der Waals surface area contributed by atoms with Crippen LogP contribution in [0.4, 0.5) is 11.6 Å². The smallest absolute Gasteiger partial charge is 0.349 e. The number of nitrogens with one attached hydrogen (secondary N) is 1. The molecule has 0 unspecified atom stereocenters. The molecule has 0 amide bonds. The number of nitrogens with two attached hydrogens (primary N) is 1. The van der Waals surface area contributed by atoms with E-state index >= 15 is 0 Å². The van der Waals surface area contributed by atoms with Crippen LogP contribution in [0.2, 0.25) is 0 Å². The standard InChI is InChI=1S/C10H11N5O3S/c11-14-10-12-6-8(15(16)17)9(13-10)18-4-3-7-2-1-5-19-7/h1-2,5-6H,3-4,11H2,(H,12,13,14). The summed E-state index contributed by atoms with van der Waals surface area (Å²) in [6.07, 6.45) is 1.72. The Hall–Kier alpha value is -2.26. The van der Waals surface area contributed by atoms with Crippen molar-refractivity contribution in [3.8, 4) is 5.88 Å². The van der Waals surface area contributed by atoms with E-state index in [2.05, 4.69) is 15.4 Å². The van der Waals surface area contributed by atoms with E-state index in [9.17, 15) is 10.1 Å². The number of nitro groups is 1. The summed E-state index contributed by atoms with van der Waals surface area (Å²) in [6.45, 7) is 0.294. The summed E-state index contributed by atoms with van der Waals surface area (Å²) < 4.78 is 5.33. The van der Waals surface area contributed by atoms with Crippen molar-refractivity contribution in [3.05, 3.63) is 38.7 Å². The molecule has 19 heavy (non-hydrogen) atoms. The van der Waals surface area contributed by atoms with Crippen LogP contribution >= 0.6 is 11.3 Å². The maximum Gasteiger partial charge on any atom is 0.349 e. The lowest BCUT2D eigenvalue weighted by atomic mass is 10.4. The van der Waals surface area contributed by atoms with E-state index < -0.39 is 4.92 Å². The van der Waals surface area contributed by atoms with Crippen molar-refractivity contribution in [3.63, 3.8) is 0 Å². The quantitative estimate of drug-likeness (QED) is 0.466. The lowest BCUT2D eigenvalue weighted by Gasteiger charge is -2.06. The van der Waals surface area contributed by atoms with Gasteiger partial charge in [0.1, 0.15) is 6.20 Å². The van der Waals surface area contributed by atoms with Crippen LogP contribution in [0.5, 0.6) is 5.88 Å². The molecule has 2 heterocycles. The van der Waals surface area contributed by atoms with Crippen LogP contribution in [-0.4, -0.2) is 21.5 Å². The average Bonchev–Trinajstić information content (AvgIpc) is 2.91. The van der Waals surface area contributed by atoms with Gasteiger partial charge in [-0.3, -0.25) is 15.5 Å². The Morgan fingerprint density at radius 1 is 1.58 bits per heavy atom. The van der Waals surface area contributed by atoms with Gasteiger partial charge in [0.2, 0.25) is 5.95 Å². The topological polar surface area (TPSA) is 116 Å². The second kappa shape index (κ2) is 6.07. The van der Waals surface area contributed by atoms with E-state index in [0.29, 0.717) is 13.0 Å². The van der Waals surface area contributed by atoms with Crippen molar-refractivity contribution in [2.75, 3.05) is 12.0 Å². The molecule has 8 nitrogen and oxygen atoms in total. The van der Waals surface area contributed by atoms with Gasteiger partial charge in [-0.1, -0.05) is 6.07 Å². The van der Waals surface area contributed by atoms with Gasteiger partial charge < -0.3 is 4.74 Å². The zero-order valence-electron chi connectivity index (χ0n) is 9.78. The molecule has 0 fully saturated rings. The molecule has 3 N–H and O–H groups in total. The molecule has 0 bridgehead atoms. The molecule has 0 aliphatic rings. The highest BCUT2D eigenvalue weighted by atomic mass is 32.1. The van der Waals surface area contributed by atoms with Gasteiger partial charge in [-0.05, 0) is 11.4 Å². The van der Waals surface area contributed by atoms with E-state index in [1.54, 1.807) is 11.3 Å². The van der Waals surface area contributed by atoms with E-state index in [0.717, 1.165) is 11.1 Å². The van der Waals surface area contributed by atoms with Gasteiger partial charge in [0.25, 0.3) is 5.88 Å². The first kappa shape index (κ1) is 13.2. The number of ether oxygens (including phenoxy) is 1. The maximum absolute atomic E-state index is 10.8. The highest BCUT2D eigenvalue weighted by molar-refractivity contribution is 7.09. The van der Waals surface area contributed by atoms with Crippen molar-refractivity contribution in [2.45, 2.75) is 6.42 Å². The van der Waals surface area contributed by atoms with E-state index in [1.807, 2.05) is 17.5 Å². The number of anilines is 1. The first-order valence-corrected chi connectivity index (χ1v) is 6.22. The minimum atomic E-state index is -0.596. The molecule has 0 saturated carbocycles. The Morgan fingerprint density at radius 2 is 2.42 bits per heavy atom. The third-order valence-electron chi connectivity index (χ3n) is 2.23. The summed E-state index contributed by atoms with van der Waals surface area (Å²) >= 11 is 1.60. The molecule has 2 aromatic rings. The van der Waals surface area contributed by atoms with Crippen molar-refractivity contribution in [1.29, 1.82) is 0 Å². The van der Waals surface area contributed by atoms with Crippen molar-refractivity contribution < 1.29 is 9.66 Å². The van der Waals surface area contributed by atoms with Gasteiger partial charge in [0.05, 0.1) is 11.5 Å². The number of hydrogen-bond donors (Lipinski definition) is 2. The average molecular weight is 281 g/mol. The summed E-state index contributed by atoms with van der Waals surface area (Å²) in [7, 11) is 0. The van der Waals surface area contributed by atoms with Crippen LogP contribution in [-0.2, 0) is 6.42 Å². The molecule has 0 aliphatic heterocycles. The molecular weight excluding hydrogens is 270 g/mol. The fourth-order valence-electron chi connectivity index (χ4n) is 1.36. The Morgan fingerprint density at radius 3 is 3.05 bits per heavy atom. The second-order valence-corrected chi connectivity index (χ2v) is 4.50. The molecule has 0 aromatic carbocycles. The summed E-state index contributed by atoms with van der Waals surface area (Å²) in [4.78, 5) is 18.8. The Labute approximate surface area is 112 Å². The van der Waals surface area contributed by atoms with Crippen LogP contribution in [0.1, 0.15) is 4.88 Å². The van der Waals surface area contributed by atoms with Crippen molar-refractivity contribution in [1.82, 2.24) is 9.97 Å². The minimum Gasteiger partial charge on any atom is -0.472 e. The molecule has 0 spiro atoms. The molecule has 2 rings (SSSR count). The summed E-state index contributed by atoms with van der Waals surface area (Å²) in [5, 5.41) is 12.8. The van der Waals surface area contributed by atoms with E-state index in [1.165, 1.54) is 0 Å². The van der Waals surface area contributed by atoms with Crippen LogP contribution in [0.3, 0.4) is 0 Å².